The summed E-state index contributed by atoms with van der Waals surface area (Å²) in [6.07, 6.45) is 15.1. The second-order valence-corrected chi connectivity index (χ2v) is 11.4. The predicted octanol–water partition coefficient (Wildman–Crippen LogP) is 6.41. The van der Waals surface area contributed by atoms with Crippen LogP contribution >= 0.6 is 0 Å². The summed E-state index contributed by atoms with van der Waals surface area (Å²) in [7, 11) is 0. The lowest BCUT2D eigenvalue weighted by Gasteiger charge is -2.36. The molecule has 3 aliphatic rings. The molecule has 0 spiro atoms. The van der Waals surface area contributed by atoms with Crippen LogP contribution in [0.25, 0.3) is 0 Å². The van der Waals surface area contributed by atoms with Crippen LogP contribution in [0, 0.1) is 0 Å². The summed E-state index contributed by atoms with van der Waals surface area (Å²) in [6, 6.07) is 0. The van der Waals surface area contributed by atoms with Gasteiger partial charge in [0.1, 0.15) is 31.0 Å². The first kappa shape index (κ1) is 28.8. The minimum Gasteiger partial charge on any atom is -0.463 e. The molecule has 0 bridgehead atoms. The maximum absolute atomic E-state index is 12.3. The van der Waals surface area contributed by atoms with Crippen LogP contribution in [0.5, 0.6) is 0 Å². The van der Waals surface area contributed by atoms with Crippen LogP contribution in [0.1, 0.15) is 125 Å². The molecule has 7 nitrogen and oxygen atoms in total. The fraction of sp³-hybridized carbons (Fsp3) is 0.964. The topological polar surface area (TPSA) is 72.5 Å². The molecule has 204 valence electrons. The Bertz CT molecular complexity index is 635. The van der Waals surface area contributed by atoms with Crippen molar-refractivity contribution in [3.05, 3.63) is 0 Å². The average Bonchev–Trinajstić information content (AvgIpc) is 3.29. The normalized spacial score (nSPS) is 30.7. The van der Waals surface area contributed by atoms with Crippen LogP contribution in [-0.2, 0) is 33.2 Å². The molecule has 0 radical (unpaired) electrons. The van der Waals surface area contributed by atoms with Crippen molar-refractivity contribution in [1.29, 1.82) is 0 Å². The van der Waals surface area contributed by atoms with Crippen LogP contribution in [0.2, 0.25) is 0 Å². The van der Waals surface area contributed by atoms with Crippen molar-refractivity contribution >= 4 is 5.97 Å². The monoisotopic (exact) mass is 498 g/mol. The standard InChI is InChI=1S/C28H50O7/c1-6-7-8-9-10-11-12-13-14-15-16-17-18-19-22(29)30-20-21-23-24(33-27(2,3)32-23)25-26(31-21)35-28(4,5)34-25/h21,23-26H,6-20H2,1-5H3/t21-,23+,24+,25-,26-/m1/s1. The van der Waals surface area contributed by atoms with Crippen LogP contribution in [-0.4, -0.2) is 54.9 Å². The lowest BCUT2D eigenvalue weighted by molar-refractivity contribution is -0.242. The van der Waals surface area contributed by atoms with Gasteiger partial charge in [0.2, 0.25) is 0 Å². The SMILES string of the molecule is CCCCCCCCCCCCCCCC(=O)OC[C@H]1O[C@@H]2OC(C)(C)O[C@@H]2[C@H]2OC(C)(C)O[C@H]21. The summed E-state index contributed by atoms with van der Waals surface area (Å²) in [5.41, 5.74) is 0. The zero-order chi connectivity index (χ0) is 25.3. The number of carbonyl (C=O) groups is 1. The van der Waals surface area contributed by atoms with Crippen molar-refractivity contribution in [2.24, 2.45) is 0 Å². The van der Waals surface area contributed by atoms with Crippen LogP contribution < -0.4 is 0 Å². The highest BCUT2D eigenvalue weighted by Crippen LogP contribution is 2.44. The fourth-order valence-electron chi connectivity index (χ4n) is 5.36. The van der Waals surface area contributed by atoms with Gasteiger partial charge < -0.3 is 28.4 Å². The van der Waals surface area contributed by atoms with Gasteiger partial charge in [-0.15, -0.1) is 0 Å². The van der Waals surface area contributed by atoms with Crippen molar-refractivity contribution in [2.45, 2.75) is 167 Å². The van der Waals surface area contributed by atoms with Gasteiger partial charge in [-0.3, -0.25) is 4.79 Å². The summed E-state index contributed by atoms with van der Waals surface area (Å²) < 4.78 is 35.8. The van der Waals surface area contributed by atoms with Crippen LogP contribution in [0.4, 0.5) is 0 Å². The second kappa shape index (κ2) is 13.7. The molecule has 35 heavy (non-hydrogen) atoms. The van der Waals surface area contributed by atoms with Gasteiger partial charge in [-0.2, -0.15) is 0 Å². The van der Waals surface area contributed by atoms with E-state index in [1.807, 2.05) is 27.7 Å². The molecular formula is C28H50O7. The summed E-state index contributed by atoms with van der Waals surface area (Å²) >= 11 is 0. The summed E-state index contributed by atoms with van der Waals surface area (Å²) in [4.78, 5) is 12.3. The Balaban J connectivity index is 1.25. The third-order valence-electron chi connectivity index (χ3n) is 7.14. The van der Waals surface area contributed by atoms with E-state index in [-0.39, 0.29) is 30.9 Å². The van der Waals surface area contributed by atoms with E-state index in [0.717, 1.165) is 12.8 Å². The first-order valence-corrected chi connectivity index (χ1v) is 14.2. The summed E-state index contributed by atoms with van der Waals surface area (Å²) in [5, 5.41) is 0. The van der Waals surface area contributed by atoms with Crippen molar-refractivity contribution < 1.29 is 33.2 Å². The quantitative estimate of drug-likeness (QED) is 0.180. The molecular weight excluding hydrogens is 448 g/mol. The van der Waals surface area contributed by atoms with Crippen molar-refractivity contribution in [3.63, 3.8) is 0 Å². The molecule has 7 heteroatoms. The highest BCUT2D eigenvalue weighted by molar-refractivity contribution is 5.69. The number of rotatable bonds is 16. The van der Waals surface area contributed by atoms with E-state index in [1.165, 1.54) is 70.6 Å². The molecule has 0 unspecified atom stereocenters. The summed E-state index contributed by atoms with van der Waals surface area (Å²) in [6.45, 7) is 9.86. The number of esters is 1. The Labute approximate surface area is 212 Å². The molecule has 0 aliphatic carbocycles. The van der Waals surface area contributed by atoms with Gasteiger partial charge in [0.15, 0.2) is 17.9 Å². The van der Waals surface area contributed by atoms with Gasteiger partial charge in [0.05, 0.1) is 0 Å². The van der Waals surface area contributed by atoms with Gasteiger partial charge in [-0.1, -0.05) is 84.0 Å². The molecule has 0 amide bonds. The highest BCUT2D eigenvalue weighted by Gasteiger charge is 2.60. The van der Waals surface area contributed by atoms with Gasteiger partial charge in [-0.25, -0.2) is 0 Å². The molecule has 3 heterocycles. The van der Waals surface area contributed by atoms with E-state index in [0.29, 0.717) is 6.42 Å². The second-order valence-electron chi connectivity index (χ2n) is 11.4. The summed E-state index contributed by atoms with van der Waals surface area (Å²) in [5.74, 6) is -1.69. The Morgan fingerprint density at radius 3 is 1.74 bits per heavy atom. The number of unbranched alkanes of at least 4 members (excludes halogenated alkanes) is 12. The third kappa shape index (κ3) is 9.26. The number of ether oxygens (including phenoxy) is 6. The largest absolute Gasteiger partial charge is 0.463 e. The van der Waals surface area contributed by atoms with E-state index in [4.69, 9.17) is 28.4 Å². The van der Waals surface area contributed by atoms with E-state index in [2.05, 4.69) is 6.92 Å². The van der Waals surface area contributed by atoms with E-state index in [9.17, 15) is 4.79 Å². The molecule has 3 fully saturated rings. The zero-order valence-electron chi connectivity index (χ0n) is 22.9. The lowest BCUT2D eigenvalue weighted by atomic mass is 9.99. The Morgan fingerprint density at radius 1 is 0.657 bits per heavy atom. The molecule has 0 aromatic carbocycles. The molecule has 0 N–H and O–H groups in total. The van der Waals surface area contributed by atoms with E-state index < -0.39 is 24.0 Å². The molecule has 3 saturated heterocycles. The number of hydrogen-bond acceptors (Lipinski definition) is 7. The van der Waals surface area contributed by atoms with Crippen molar-refractivity contribution in [1.82, 2.24) is 0 Å². The van der Waals surface area contributed by atoms with Gasteiger partial charge in [0, 0.05) is 6.42 Å². The Hall–Kier alpha value is -0.730. The highest BCUT2D eigenvalue weighted by atomic mass is 16.9. The minimum absolute atomic E-state index is 0.130. The van der Waals surface area contributed by atoms with E-state index >= 15 is 0 Å². The molecule has 0 saturated carbocycles. The molecule has 3 rings (SSSR count). The Morgan fingerprint density at radius 2 is 1.14 bits per heavy atom. The lowest BCUT2D eigenvalue weighted by Crippen LogP contribution is -2.56. The molecule has 3 aliphatic heterocycles. The Kier molecular flexibility index (Phi) is 11.3. The number of carbonyl (C=O) groups excluding carboxylic acids is 1. The van der Waals surface area contributed by atoms with Crippen molar-refractivity contribution in [3.8, 4) is 0 Å². The predicted molar refractivity (Wildman–Crippen MR) is 134 cm³/mol. The van der Waals surface area contributed by atoms with Crippen LogP contribution in [0.3, 0.4) is 0 Å². The van der Waals surface area contributed by atoms with Gasteiger partial charge in [-0.05, 0) is 34.1 Å². The minimum atomic E-state index is -0.754. The van der Waals surface area contributed by atoms with Gasteiger partial charge >= 0.3 is 5.97 Å². The first-order valence-electron chi connectivity index (χ1n) is 14.2. The number of fused-ring (bicyclic) bond motifs is 3. The molecule has 0 aromatic heterocycles. The van der Waals surface area contributed by atoms with Gasteiger partial charge in [0.25, 0.3) is 0 Å². The van der Waals surface area contributed by atoms with Crippen molar-refractivity contribution in [2.75, 3.05) is 6.61 Å². The average molecular weight is 499 g/mol. The zero-order valence-corrected chi connectivity index (χ0v) is 22.9. The van der Waals surface area contributed by atoms with E-state index in [1.54, 1.807) is 0 Å². The molecule has 5 atom stereocenters. The first-order chi connectivity index (χ1) is 16.7. The molecule has 0 aromatic rings. The van der Waals surface area contributed by atoms with Crippen LogP contribution in [0.15, 0.2) is 0 Å². The maximum Gasteiger partial charge on any atom is 0.305 e. The smallest absolute Gasteiger partial charge is 0.305 e. The number of hydrogen-bond donors (Lipinski definition) is 0. The fourth-order valence-corrected chi connectivity index (χ4v) is 5.36. The third-order valence-corrected chi connectivity index (χ3v) is 7.14. The maximum atomic E-state index is 12.3.